The Morgan fingerprint density at radius 1 is 1.32 bits per heavy atom. The molecule has 1 rings (SSSR count). The molecule has 9 nitrogen and oxygen atoms in total. The lowest BCUT2D eigenvalue weighted by atomic mass is 9.96. The highest BCUT2D eigenvalue weighted by atomic mass is 16.6. The van der Waals surface area contributed by atoms with Crippen LogP contribution in [0.4, 0.5) is 0 Å². The zero-order valence-corrected chi connectivity index (χ0v) is 12.5. The van der Waals surface area contributed by atoms with Crippen molar-refractivity contribution in [2.75, 3.05) is 40.6 Å². The first-order valence-corrected chi connectivity index (χ1v) is 6.64. The smallest absolute Gasteiger partial charge is 0.323 e. The van der Waals surface area contributed by atoms with Gasteiger partial charge in [-0.25, -0.2) is 0 Å². The Hall–Kier alpha value is -1.97. The predicted octanol–water partition coefficient (Wildman–Crippen LogP) is -0.159. The molecule has 0 radical (unpaired) electrons. The monoisotopic (exact) mass is 316 g/mol. The van der Waals surface area contributed by atoms with E-state index in [9.17, 15) is 14.9 Å². The third-order valence-corrected chi connectivity index (χ3v) is 2.94. The Bertz CT molecular complexity index is 461. The van der Waals surface area contributed by atoms with Crippen molar-refractivity contribution in [1.82, 2.24) is 0 Å². The van der Waals surface area contributed by atoms with Crippen LogP contribution in [0.3, 0.4) is 0 Å². The first-order valence-electron chi connectivity index (χ1n) is 6.64. The average Bonchev–Trinajstić information content (AvgIpc) is 2.53. The number of rotatable bonds is 9. The Labute approximate surface area is 127 Å². The number of carbonyl (C=O) groups excluding carboxylic acids is 1. The van der Waals surface area contributed by atoms with Crippen LogP contribution < -0.4 is 5.73 Å². The zero-order valence-electron chi connectivity index (χ0n) is 12.5. The second-order valence-electron chi connectivity index (χ2n) is 4.32. The fraction of sp³-hybridized carbons (Fsp3) is 0.615. The lowest BCUT2D eigenvalue weighted by Crippen LogP contribution is -2.30. The molecule has 2 N–H and O–H groups in total. The van der Waals surface area contributed by atoms with Gasteiger partial charge in [-0.2, -0.15) is 0 Å². The van der Waals surface area contributed by atoms with Crippen LogP contribution in [0.2, 0.25) is 0 Å². The first kappa shape index (κ1) is 18.1. The van der Waals surface area contributed by atoms with Gasteiger partial charge in [0.25, 0.3) is 5.70 Å². The highest BCUT2D eigenvalue weighted by molar-refractivity contribution is 5.78. The third-order valence-electron chi connectivity index (χ3n) is 2.94. The Balaban J connectivity index is 2.79. The quantitative estimate of drug-likeness (QED) is 0.269. The van der Waals surface area contributed by atoms with Gasteiger partial charge in [-0.3, -0.25) is 14.9 Å². The summed E-state index contributed by atoms with van der Waals surface area (Å²) in [6.07, 6.45) is 1.81. The average molecular weight is 316 g/mol. The molecular weight excluding hydrogens is 296 g/mol. The lowest BCUT2D eigenvalue weighted by Gasteiger charge is -2.22. The molecule has 2 unspecified atom stereocenters. The molecule has 9 heteroatoms. The minimum absolute atomic E-state index is 0.204. The van der Waals surface area contributed by atoms with Crippen molar-refractivity contribution in [3.8, 4) is 0 Å². The summed E-state index contributed by atoms with van der Waals surface area (Å²) >= 11 is 0. The van der Waals surface area contributed by atoms with E-state index in [4.69, 9.17) is 19.9 Å². The van der Waals surface area contributed by atoms with E-state index in [0.29, 0.717) is 25.5 Å². The van der Waals surface area contributed by atoms with E-state index in [1.54, 1.807) is 0 Å². The van der Waals surface area contributed by atoms with Gasteiger partial charge in [0.2, 0.25) is 0 Å². The normalized spacial score (nSPS) is 20.9. The second-order valence-corrected chi connectivity index (χ2v) is 4.32. The molecule has 22 heavy (non-hydrogen) atoms. The van der Waals surface area contributed by atoms with Gasteiger partial charge in [0.1, 0.15) is 11.9 Å². The number of nitrogens with zero attached hydrogens (tertiary/aromatic N) is 1. The van der Waals surface area contributed by atoms with Gasteiger partial charge < -0.3 is 24.7 Å². The van der Waals surface area contributed by atoms with Gasteiger partial charge in [0.15, 0.2) is 5.92 Å². The van der Waals surface area contributed by atoms with E-state index in [1.807, 2.05) is 0 Å². The molecule has 0 fully saturated rings. The van der Waals surface area contributed by atoms with Crippen LogP contribution >= 0.6 is 0 Å². The largest absolute Gasteiger partial charge is 0.498 e. The van der Waals surface area contributed by atoms with E-state index < -0.39 is 22.9 Å². The number of esters is 1. The number of methoxy groups -OCH3 is 2. The van der Waals surface area contributed by atoms with E-state index in [0.717, 1.165) is 7.11 Å². The van der Waals surface area contributed by atoms with Crippen LogP contribution in [0.1, 0.15) is 0 Å². The van der Waals surface area contributed by atoms with Crippen LogP contribution in [0, 0.1) is 16.0 Å². The molecule has 0 bridgehead atoms. The molecule has 2 atom stereocenters. The second kappa shape index (κ2) is 9.13. The van der Waals surface area contributed by atoms with Gasteiger partial charge >= 0.3 is 5.97 Å². The number of nitrogens with two attached hydrogens (primary N) is 1. The Morgan fingerprint density at radius 2 is 2.05 bits per heavy atom. The van der Waals surface area contributed by atoms with E-state index in [1.165, 1.54) is 19.3 Å². The molecule has 0 heterocycles. The fourth-order valence-electron chi connectivity index (χ4n) is 1.91. The maximum Gasteiger partial charge on any atom is 0.323 e. The van der Waals surface area contributed by atoms with Crippen molar-refractivity contribution >= 4 is 5.97 Å². The van der Waals surface area contributed by atoms with Crippen molar-refractivity contribution in [2.45, 2.75) is 6.10 Å². The molecule has 124 valence electrons. The van der Waals surface area contributed by atoms with Crippen LogP contribution in [-0.2, 0) is 23.7 Å². The summed E-state index contributed by atoms with van der Waals surface area (Å²) in [6.45, 7) is 1.31. The van der Waals surface area contributed by atoms with Crippen molar-refractivity contribution in [2.24, 2.45) is 11.7 Å². The number of ether oxygens (including phenoxy) is 4. The minimum atomic E-state index is -1.12. The molecular formula is C13H20N2O7. The van der Waals surface area contributed by atoms with Crippen LogP contribution in [0.25, 0.3) is 0 Å². The molecule has 0 aromatic rings. The van der Waals surface area contributed by atoms with E-state index >= 15 is 0 Å². The number of hydrogen-bond donors (Lipinski definition) is 1. The molecule has 0 saturated heterocycles. The highest BCUT2D eigenvalue weighted by Crippen LogP contribution is 2.27. The van der Waals surface area contributed by atoms with Gasteiger partial charge in [-0.05, 0) is 6.08 Å². The SMILES string of the molecule is COC(=O)C1C=C(OC)C(OCCOCCN)C=C1[N+](=O)[O-]. The number of hydrogen-bond acceptors (Lipinski definition) is 8. The lowest BCUT2D eigenvalue weighted by molar-refractivity contribution is -0.431. The van der Waals surface area contributed by atoms with Crippen LogP contribution in [-0.4, -0.2) is 57.6 Å². The Morgan fingerprint density at radius 3 is 2.59 bits per heavy atom. The van der Waals surface area contributed by atoms with Crippen LogP contribution in [0.15, 0.2) is 23.6 Å². The maximum absolute atomic E-state index is 11.6. The summed E-state index contributed by atoms with van der Waals surface area (Å²) < 4.78 is 20.3. The van der Waals surface area contributed by atoms with Crippen molar-refractivity contribution in [3.63, 3.8) is 0 Å². The molecule has 0 aliphatic heterocycles. The maximum atomic E-state index is 11.6. The summed E-state index contributed by atoms with van der Waals surface area (Å²) in [5.74, 6) is -1.55. The summed E-state index contributed by atoms with van der Waals surface area (Å²) in [5, 5.41) is 11.1. The fourth-order valence-corrected chi connectivity index (χ4v) is 1.91. The van der Waals surface area contributed by atoms with Gasteiger partial charge in [0, 0.05) is 12.6 Å². The predicted molar refractivity (Wildman–Crippen MR) is 75.3 cm³/mol. The number of nitro groups is 1. The molecule has 0 amide bonds. The minimum Gasteiger partial charge on any atom is -0.498 e. The topological polar surface area (TPSA) is 123 Å². The first-order chi connectivity index (χ1) is 10.5. The van der Waals surface area contributed by atoms with Gasteiger partial charge in [-0.1, -0.05) is 0 Å². The van der Waals surface area contributed by atoms with Crippen molar-refractivity contribution in [3.05, 3.63) is 33.7 Å². The molecule has 0 aromatic carbocycles. The summed E-state index contributed by atoms with van der Waals surface area (Å²) in [5.41, 5.74) is 4.98. The Kier molecular flexibility index (Phi) is 7.50. The van der Waals surface area contributed by atoms with Gasteiger partial charge in [-0.15, -0.1) is 0 Å². The van der Waals surface area contributed by atoms with E-state index in [-0.39, 0.29) is 12.3 Å². The van der Waals surface area contributed by atoms with Gasteiger partial charge in [0.05, 0.1) is 39.0 Å². The third kappa shape index (κ3) is 4.79. The zero-order chi connectivity index (χ0) is 16.5. The van der Waals surface area contributed by atoms with E-state index in [2.05, 4.69) is 4.74 Å². The number of carbonyl (C=O) groups is 1. The van der Waals surface area contributed by atoms with Crippen molar-refractivity contribution < 1.29 is 28.7 Å². The summed E-state index contributed by atoms with van der Waals surface area (Å²) in [6, 6.07) is 0. The molecule has 1 aliphatic carbocycles. The molecule has 1 aliphatic rings. The van der Waals surface area contributed by atoms with Crippen LogP contribution in [0.5, 0.6) is 0 Å². The molecule has 0 spiro atoms. The van der Waals surface area contributed by atoms with Crippen molar-refractivity contribution in [1.29, 1.82) is 0 Å². The highest BCUT2D eigenvalue weighted by Gasteiger charge is 2.37. The molecule has 0 saturated carbocycles. The summed E-state index contributed by atoms with van der Waals surface area (Å²) in [7, 11) is 2.56. The molecule has 0 aromatic heterocycles. The standard InChI is InChI=1S/C13H20N2O7/c1-19-11-7-9(13(16)20-2)10(15(17)18)8-12(11)22-6-5-21-4-3-14/h7-9,12H,3-6,14H2,1-2H3. The summed E-state index contributed by atoms with van der Waals surface area (Å²) in [4.78, 5) is 22.1.